The van der Waals surface area contributed by atoms with E-state index in [2.05, 4.69) is 31.3 Å². The van der Waals surface area contributed by atoms with Gasteiger partial charge in [-0.05, 0) is 47.6 Å². The molecule has 30 heavy (non-hydrogen) atoms. The maximum atomic E-state index is 12.5. The number of carbonyl (C=O) groups excluding carboxylic acids is 2. The molecule has 0 spiro atoms. The van der Waals surface area contributed by atoms with Gasteiger partial charge in [0.05, 0.1) is 19.9 Å². The minimum Gasteiger partial charge on any atom is -0.550 e. The second-order valence-corrected chi connectivity index (χ2v) is 7.77. The van der Waals surface area contributed by atoms with Crippen molar-refractivity contribution in [2.45, 2.75) is 39.0 Å². The summed E-state index contributed by atoms with van der Waals surface area (Å²) < 4.78 is 10.4. The number of hydrogen-bond donors (Lipinski definition) is 1. The lowest BCUT2D eigenvalue weighted by molar-refractivity contribution is -0.305. The van der Waals surface area contributed by atoms with E-state index in [0.29, 0.717) is 22.8 Å². The first kappa shape index (κ1) is 22.9. The van der Waals surface area contributed by atoms with Crippen molar-refractivity contribution in [3.63, 3.8) is 0 Å². The fourth-order valence-electron chi connectivity index (χ4n) is 2.81. The Morgan fingerprint density at radius 3 is 2.07 bits per heavy atom. The lowest BCUT2D eigenvalue weighted by atomic mass is 9.86. The largest absolute Gasteiger partial charge is 0.550 e. The molecule has 0 aliphatic rings. The average molecular weight is 411 g/mol. The van der Waals surface area contributed by atoms with Crippen LogP contribution in [0, 0.1) is 0 Å². The van der Waals surface area contributed by atoms with Gasteiger partial charge in [0.15, 0.2) is 11.5 Å². The van der Waals surface area contributed by atoms with Crippen molar-refractivity contribution < 1.29 is 24.2 Å². The number of carboxylic acids is 1. The standard InChI is InChI=1S/C23H28N2O5/c1-23(2,3)17-9-6-15(7-10-17)18(11-13-21(26)27)24-25-22(28)16-8-12-19(29-4)20(14-16)30-5/h6-10,12,14H,11,13H2,1-5H3,(H,25,28)(H,26,27)/p-1/b24-18-. The summed E-state index contributed by atoms with van der Waals surface area (Å²) in [6.07, 6.45) is -0.0739. The van der Waals surface area contributed by atoms with Crippen LogP contribution in [0.25, 0.3) is 0 Å². The maximum Gasteiger partial charge on any atom is 0.271 e. The number of nitrogens with one attached hydrogen (secondary N) is 1. The van der Waals surface area contributed by atoms with Crippen LogP contribution in [0.5, 0.6) is 11.5 Å². The Balaban J connectivity index is 2.26. The number of rotatable bonds is 8. The van der Waals surface area contributed by atoms with Crippen molar-refractivity contribution in [2.24, 2.45) is 5.10 Å². The number of methoxy groups -OCH3 is 2. The van der Waals surface area contributed by atoms with Gasteiger partial charge in [0.25, 0.3) is 5.91 Å². The van der Waals surface area contributed by atoms with Gasteiger partial charge < -0.3 is 19.4 Å². The van der Waals surface area contributed by atoms with Gasteiger partial charge >= 0.3 is 0 Å². The summed E-state index contributed by atoms with van der Waals surface area (Å²) in [6.45, 7) is 6.32. The van der Waals surface area contributed by atoms with Crippen molar-refractivity contribution in [3.05, 3.63) is 59.2 Å². The van der Waals surface area contributed by atoms with Crippen molar-refractivity contribution in [2.75, 3.05) is 14.2 Å². The van der Waals surface area contributed by atoms with Crippen LogP contribution in [0.2, 0.25) is 0 Å². The minimum atomic E-state index is -1.18. The lowest BCUT2D eigenvalue weighted by Gasteiger charge is -2.19. The number of benzene rings is 2. The smallest absolute Gasteiger partial charge is 0.271 e. The zero-order valence-electron chi connectivity index (χ0n) is 17.9. The van der Waals surface area contributed by atoms with Crippen LogP contribution in [0.1, 0.15) is 55.1 Å². The molecule has 7 heteroatoms. The lowest BCUT2D eigenvalue weighted by Crippen LogP contribution is -2.24. The van der Waals surface area contributed by atoms with Crippen LogP contribution in [0.15, 0.2) is 47.6 Å². The highest BCUT2D eigenvalue weighted by molar-refractivity contribution is 6.03. The number of ether oxygens (including phenoxy) is 2. The Bertz CT molecular complexity index is 928. The molecule has 0 heterocycles. The average Bonchev–Trinajstić information content (AvgIpc) is 2.72. The Morgan fingerprint density at radius 1 is 0.933 bits per heavy atom. The van der Waals surface area contributed by atoms with Gasteiger partial charge in [0.1, 0.15) is 0 Å². The van der Waals surface area contributed by atoms with Crippen LogP contribution in [-0.4, -0.2) is 31.8 Å². The molecule has 0 radical (unpaired) electrons. The van der Waals surface area contributed by atoms with Gasteiger partial charge in [-0.3, -0.25) is 4.79 Å². The highest BCUT2D eigenvalue weighted by Gasteiger charge is 2.15. The van der Waals surface area contributed by atoms with Crippen LogP contribution < -0.4 is 20.0 Å². The zero-order chi connectivity index (χ0) is 22.3. The van der Waals surface area contributed by atoms with E-state index in [0.717, 1.165) is 11.1 Å². The van der Waals surface area contributed by atoms with Crippen LogP contribution >= 0.6 is 0 Å². The fraction of sp³-hybridized carbons (Fsp3) is 0.348. The molecule has 0 aliphatic heterocycles. The third-order valence-corrected chi connectivity index (χ3v) is 4.59. The third kappa shape index (κ3) is 6.07. The topological polar surface area (TPSA) is 100 Å². The van der Waals surface area contributed by atoms with Crippen LogP contribution in [0.3, 0.4) is 0 Å². The van der Waals surface area contributed by atoms with E-state index in [-0.39, 0.29) is 18.3 Å². The molecule has 0 saturated carbocycles. The van der Waals surface area contributed by atoms with Crippen molar-refractivity contribution in [3.8, 4) is 11.5 Å². The Kier molecular flexibility index (Phi) is 7.58. The van der Waals surface area contributed by atoms with E-state index >= 15 is 0 Å². The van der Waals surface area contributed by atoms with E-state index < -0.39 is 11.9 Å². The molecule has 160 valence electrons. The summed E-state index contributed by atoms with van der Waals surface area (Å²) >= 11 is 0. The predicted molar refractivity (Wildman–Crippen MR) is 113 cm³/mol. The number of aliphatic carboxylic acids is 1. The number of amides is 1. The molecule has 2 aromatic rings. The molecule has 0 aromatic heterocycles. The molecule has 2 rings (SSSR count). The molecule has 0 atom stereocenters. The number of hydrogen-bond acceptors (Lipinski definition) is 6. The van der Waals surface area contributed by atoms with Crippen LogP contribution in [-0.2, 0) is 10.2 Å². The Labute approximate surface area is 176 Å². The summed E-state index contributed by atoms with van der Waals surface area (Å²) in [5.74, 6) is -0.705. The summed E-state index contributed by atoms with van der Waals surface area (Å²) in [5, 5.41) is 15.1. The molecule has 0 aliphatic carbocycles. The maximum absolute atomic E-state index is 12.5. The van der Waals surface area contributed by atoms with E-state index in [9.17, 15) is 14.7 Å². The molecule has 0 fully saturated rings. The van der Waals surface area contributed by atoms with Gasteiger partial charge in [-0.1, -0.05) is 45.0 Å². The number of nitrogens with zero attached hydrogens (tertiary/aromatic N) is 1. The molecule has 0 saturated heterocycles. The van der Waals surface area contributed by atoms with E-state index in [1.807, 2.05) is 24.3 Å². The number of carboxylic acid groups (broad SMARTS) is 1. The summed E-state index contributed by atoms with van der Waals surface area (Å²) in [5.41, 5.74) is 5.14. The highest BCUT2D eigenvalue weighted by atomic mass is 16.5. The molecule has 0 unspecified atom stereocenters. The number of hydrazone groups is 1. The Morgan fingerprint density at radius 2 is 1.53 bits per heavy atom. The minimum absolute atomic E-state index is 0.0114. The quantitative estimate of drug-likeness (QED) is 0.532. The van der Waals surface area contributed by atoms with Crippen molar-refractivity contribution in [1.82, 2.24) is 5.43 Å². The third-order valence-electron chi connectivity index (χ3n) is 4.59. The monoisotopic (exact) mass is 411 g/mol. The molecule has 0 bridgehead atoms. The second kappa shape index (κ2) is 9.91. The first-order valence-electron chi connectivity index (χ1n) is 9.55. The van der Waals surface area contributed by atoms with Gasteiger partial charge in [-0.2, -0.15) is 5.10 Å². The van der Waals surface area contributed by atoms with Gasteiger partial charge in [0.2, 0.25) is 0 Å². The first-order chi connectivity index (χ1) is 14.2. The highest BCUT2D eigenvalue weighted by Crippen LogP contribution is 2.27. The molecule has 1 N–H and O–H groups in total. The normalized spacial score (nSPS) is 11.7. The number of carbonyl (C=O) groups is 2. The molecule has 7 nitrogen and oxygen atoms in total. The second-order valence-electron chi connectivity index (χ2n) is 7.77. The van der Waals surface area contributed by atoms with Gasteiger partial charge in [-0.25, -0.2) is 5.43 Å². The fourth-order valence-corrected chi connectivity index (χ4v) is 2.81. The zero-order valence-corrected chi connectivity index (χ0v) is 17.9. The summed E-state index contributed by atoms with van der Waals surface area (Å²) in [7, 11) is 2.99. The van der Waals surface area contributed by atoms with Crippen LogP contribution in [0.4, 0.5) is 0 Å². The van der Waals surface area contributed by atoms with Crippen molar-refractivity contribution >= 4 is 17.6 Å². The Hall–Kier alpha value is -3.35. The molecular formula is C23H27N2O5-. The van der Waals surface area contributed by atoms with E-state index in [1.165, 1.54) is 14.2 Å². The van der Waals surface area contributed by atoms with E-state index in [4.69, 9.17) is 9.47 Å². The summed E-state index contributed by atoms with van der Waals surface area (Å²) in [6, 6.07) is 12.4. The first-order valence-corrected chi connectivity index (χ1v) is 9.55. The SMILES string of the molecule is COc1ccc(C(=O)N/N=C(/CCC(=O)[O-])c2ccc(C(C)(C)C)cc2)cc1OC. The molecule has 2 aromatic carbocycles. The van der Waals surface area contributed by atoms with Crippen molar-refractivity contribution in [1.29, 1.82) is 0 Å². The van der Waals surface area contributed by atoms with E-state index in [1.54, 1.807) is 18.2 Å². The molecular weight excluding hydrogens is 384 g/mol. The molecule has 1 amide bonds. The summed E-state index contributed by atoms with van der Waals surface area (Å²) in [4.78, 5) is 23.5. The van der Waals surface area contributed by atoms with Gasteiger partial charge in [0, 0.05) is 11.5 Å². The predicted octanol–water partition coefficient (Wildman–Crippen LogP) is 2.67. The van der Waals surface area contributed by atoms with Gasteiger partial charge in [-0.15, -0.1) is 0 Å².